The van der Waals surface area contributed by atoms with Crippen LogP contribution in [0.1, 0.15) is 5.56 Å². The minimum Gasteiger partial charge on any atom is -0.457 e. The number of nitrogens with zero attached hydrogens (tertiary/aromatic N) is 3. The second-order valence-electron chi connectivity index (χ2n) is 8.09. The first-order valence-electron chi connectivity index (χ1n) is 10.8. The Hall–Kier alpha value is -3.42. The van der Waals surface area contributed by atoms with Crippen molar-refractivity contribution in [3.05, 3.63) is 72.3 Å². The molecule has 2 aliphatic rings. The predicted octanol–water partition coefficient (Wildman–Crippen LogP) is 3.67. The topological polar surface area (TPSA) is 74.3 Å². The Labute approximate surface area is 188 Å². The molecule has 7 nitrogen and oxygen atoms in total. The molecule has 0 aromatic heterocycles. The molecular weight excluding hydrogens is 404 g/mol. The third kappa shape index (κ3) is 4.59. The van der Waals surface area contributed by atoms with Gasteiger partial charge < -0.3 is 24.8 Å². The van der Waals surface area contributed by atoms with Gasteiger partial charge in [-0.3, -0.25) is 4.90 Å². The van der Waals surface area contributed by atoms with Gasteiger partial charge in [0.15, 0.2) is 11.5 Å². The zero-order valence-corrected chi connectivity index (χ0v) is 18.1. The van der Waals surface area contributed by atoms with Crippen LogP contribution in [0.25, 0.3) is 0 Å². The number of rotatable bonds is 6. The van der Waals surface area contributed by atoms with Crippen molar-refractivity contribution in [2.24, 2.45) is 0 Å². The number of fused-ring (bicyclic) bond motifs is 1. The molecule has 2 aliphatic heterocycles. The van der Waals surface area contributed by atoms with Gasteiger partial charge in [-0.05, 0) is 66.2 Å². The van der Waals surface area contributed by atoms with E-state index in [0.717, 1.165) is 60.6 Å². The smallest absolute Gasteiger partial charge is 0.231 e. The SMILES string of the molecule is CN(c1ccc(Oc2ccc(N)cc2)cc1)C1CN(Cc2ccc3c(c2)OCO3)CC[N]1. The maximum atomic E-state index is 5.90. The fraction of sp³-hybridized carbons (Fsp3) is 0.280. The van der Waals surface area contributed by atoms with Crippen molar-refractivity contribution in [3.63, 3.8) is 0 Å². The average Bonchev–Trinajstić information content (AvgIpc) is 3.29. The maximum Gasteiger partial charge on any atom is 0.231 e. The summed E-state index contributed by atoms with van der Waals surface area (Å²) in [5.41, 5.74) is 8.78. The summed E-state index contributed by atoms with van der Waals surface area (Å²) in [6, 6.07) is 21.7. The van der Waals surface area contributed by atoms with Gasteiger partial charge >= 0.3 is 0 Å². The lowest BCUT2D eigenvalue weighted by molar-refractivity contribution is 0.173. The zero-order valence-electron chi connectivity index (χ0n) is 18.1. The van der Waals surface area contributed by atoms with Gasteiger partial charge in [-0.2, -0.15) is 0 Å². The van der Waals surface area contributed by atoms with Gasteiger partial charge in [0.2, 0.25) is 6.79 Å². The molecule has 0 amide bonds. The third-order valence-corrected chi connectivity index (χ3v) is 5.83. The van der Waals surface area contributed by atoms with Crippen LogP contribution in [0.15, 0.2) is 66.7 Å². The summed E-state index contributed by atoms with van der Waals surface area (Å²) in [6.07, 6.45) is 0.0987. The first-order chi connectivity index (χ1) is 15.6. The van der Waals surface area contributed by atoms with Crippen LogP contribution >= 0.6 is 0 Å². The van der Waals surface area contributed by atoms with Crippen LogP contribution in [-0.2, 0) is 6.54 Å². The van der Waals surface area contributed by atoms with Gasteiger partial charge in [-0.15, -0.1) is 0 Å². The van der Waals surface area contributed by atoms with E-state index in [2.05, 4.69) is 41.1 Å². The molecule has 7 heteroatoms. The van der Waals surface area contributed by atoms with Gasteiger partial charge in [0.1, 0.15) is 17.7 Å². The second-order valence-corrected chi connectivity index (χ2v) is 8.09. The van der Waals surface area contributed by atoms with E-state index in [-0.39, 0.29) is 6.17 Å². The monoisotopic (exact) mass is 431 g/mol. The summed E-state index contributed by atoms with van der Waals surface area (Å²) >= 11 is 0. The van der Waals surface area contributed by atoms with Crippen LogP contribution in [0.4, 0.5) is 11.4 Å². The molecule has 1 unspecified atom stereocenters. The summed E-state index contributed by atoms with van der Waals surface area (Å²) in [4.78, 5) is 4.66. The molecule has 32 heavy (non-hydrogen) atoms. The van der Waals surface area contributed by atoms with Gasteiger partial charge in [0.25, 0.3) is 0 Å². The molecule has 2 N–H and O–H groups in total. The summed E-state index contributed by atoms with van der Waals surface area (Å²) in [5.74, 6) is 3.21. The Morgan fingerprint density at radius 2 is 1.72 bits per heavy atom. The largest absolute Gasteiger partial charge is 0.457 e. The van der Waals surface area contributed by atoms with E-state index in [9.17, 15) is 0 Å². The summed E-state index contributed by atoms with van der Waals surface area (Å²) < 4.78 is 16.8. The first kappa shape index (κ1) is 20.5. The van der Waals surface area contributed by atoms with Crippen molar-refractivity contribution in [3.8, 4) is 23.0 Å². The van der Waals surface area contributed by atoms with Crippen LogP contribution in [0.2, 0.25) is 0 Å². The van der Waals surface area contributed by atoms with Crippen LogP contribution in [0.5, 0.6) is 23.0 Å². The van der Waals surface area contributed by atoms with Gasteiger partial charge in [0, 0.05) is 44.6 Å². The van der Waals surface area contributed by atoms with Crippen LogP contribution in [0.3, 0.4) is 0 Å². The molecule has 1 radical (unpaired) electrons. The van der Waals surface area contributed by atoms with Crippen molar-refractivity contribution in [1.29, 1.82) is 0 Å². The van der Waals surface area contributed by atoms with Crippen molar-refractivity contribution in [2.75, 3.05) is 44.1 Å². The van der Waals surface area contributed by atoms with Gasteiger partial charge in [0.05, 0.1) is 0 Å². The molecule has 1 fully saturated rings. The fourth-order valence-electron chi connectivity index (χ4n) is 4.01. The van der Waals surface area contributed by atoms with Crippen LogP contribution < -0.4 is 30.2 Å². The number of ether oxygens (including phenoxy) is 3. The number of likely N-dealkylation sites (N-methyl/N-ethyl adjacent to an activating group) is 1. The second kappa shape index (κ2) is 8.98. The Morgan fingerprint density at radius 3 is 2.50 bits per heavy atom. The number of anilines is 2. The molecule has 0 aliphatic carbocycles. The molecule has 3 aromatic carbocycles. The van der Waals surface area contributed by atoms with E-state index >= 15 is 0 Å². The highest BCUT2D eigenvalue weighted by Gasteiger charge is 2.25. The normalized spacial score (nSPS) is 17.8. The van der Waals surface area contributed by atoms with Crippen LogP contribution in [0, 0.1) is 0 Å². The number of hydrogen-bond acceptors (Lipinski definition) is 6. The summed E-state index contributed by atoms with van der Waals surface area (Å²) in [6.45, 7) is 3.81. The Balaban J connectivity index is 1.20. The number of nitrogens with two attached hydrogens (primary N) is 1. The Morgan fingerprint density at radius 1 is 1.00 bits per heavy atom. The third-order valence-electron chi connectivity index (χ3n) is 5.83. The highest BCUT2D eigenvalue weighted by Crippen LogP contribution is 2.33. The molecule has 5 rings (SSSR count). The van der Waals surface area contributed by atoms with Crippen molar-refractivity contribution in [1.82, 2.24) is 10.2 Å². The first-order valence-corrected chi connectivity index (χ1v) is 10.8. The zero-order chi connectivity index (χ0) is 21.9. The molecule has 1 atom stereocenters. The lowest BCUT2D eigenvalue weighted by atomic mass is 10.1. The minimum atomic E-state index is 0.0987. The average molecular weight is 432 g/mol. The fourth-order valence-corrected chi connectivity index (χ4v) is 4.01. The molecular formula is C25H27N4O3. The van der Waals surface area contributed by atoms with E-state index in [1.54, 1.807) is 0 Å². The quantitative estimate of drug-likeness (QED) is 0.601. The van der Waals surface area contributed by atoms with E-state index < -0.39 is 0 Å². The Bertz CT molecular complexity index is 1060. The summed E-state index contributed by atoms with van der Waals surface area (Å²) in [7, 11) is 2.09. The molecule has 1 saturated heterocycles. The number of hydrogen-bond donors (Lipinski definition) is 1. The number of piperazine rings is 1. The van der Waals surface area contributed by atoms with E-state index in [0.29, 0.717) is 6.79 Å². The standard InChI is InChI=1S/C25H27N4O3/c1-28(20-5-9-22(10-6-20)32-21-7-3-19(26)4-8-21)25-16-29(13-12-27-25)15-18-2-11-23-24(14-18)31-17-30-23/h2-11,14,25H,12-13,15-17,26H2,1H3. The lowest BCUT2D eigenvalue weighted by Gasteiger charge is -2.38. The van der Waals surface area contributed by atoms with Gasteiger partial charge in [-0.25, -0.2) is 5.32 Å². The minimum absolute atomic E-state index is 0.0987. The molecule has 2 heterocycles. The Kier molecular flexibility index (Phi) is 5.75. The molecule has 0 bridgehead atoms. The van der Waals surface area contributed by atoms with E-state index in [1.807, 2.05) is 42.5 Å². The molecule has 3 aromatic rings. The van der Waals surface area contributed by atoms with Crippen LogP contribution in [-0.4, -0.2) is 44.5 Å². The van der Waals surface area contributed by atoms with Crippen molar-refractivity contribution >= 4 is 11.4 Å². The number of benzene rings is 3. The maximum absolute atomic E-state index is 5.90. The summed E-state index contributed by atoms with van der Waals surface area (Å²) in [5, 5.41) is 4.85. The predicted molar refractivity (Wildman–Crippen MR) is 124 cm³/mol. The molecule has 0 saturated carbocycles. The highest BCUT2D eigenvalue weighted by atomic mass is 16.7. The van der Waals surface area contributed by atoms with E-state index in [1.165, 1.54) is 5.56 Å². The molecule has 0 spiro atoms. The van der Waals surface area contributed by atoms with Gasteiger partial charge in [-0.1, -0.05) is 6.07 Å². The molecule has 165 valence electrons. The van der Waals surface area contributed by atoms with Crippen molar-refractivity contribution < 1.29 is 14.2 Å². The lowest BCUT2D eigenvalue weighted by Crippen LogP contribution is -2.54. The highest BCUT2D eigenvalue weighted by molar-refractivity contribution is 5.50. The number of nitrogen functional groups attached to an aromatic ring is 1. The van der Waals surface area contributed by atoms with E-state index in [4.69, 9.17) is 25.3 Å². The van der Waals surface area contributed by atoms with Crippen molar-refractivity contribution in [2.45, 2.75) is 12.7 Å².